The van der Waals surface area contributed by atoms with Gasteiger partial charge in [-0.3, -0.25) is 14.5 Å². The molecule has 124 valence electrons. The van der Waals surface area contributed by atoms with Crippen LogP contribution in [0, 0.1) is 13.8 Å². The topological polar surface area (TPSA) is 62.4 Å². The molecule has 0 bridgehead atoms. The molecule has 24 heavy (non-hydrogen) atoms. The van der Waals surface area contributed by atoms with Crippen LogP contribution in [0.1, 0.15) is 16.8 Å². The van der Waals surface area contributed by atoms with Crippen molar-refractivity contribution in [1.29, 1.82) is 0 Å². The number of hydrogen-bond acceptors (Lipinski definition) is 4. The molecule has 0 spiro atoms. The number of benzene rings is 1. The van der Waals surface area contributed by atoms with Gasteiger partial charge in [0.05, 0.1) is 11.4 Å². The normalized spacial score (nSPS) is 16.2. The summed E-state index contributed by atoms with van der Waals surface area (Å²) in [5.41, 5.74) is 2.93. The molecule has 1 saturated heterocycles. The van der Waals surface area contributed by atoms with E-state index in [2.05, 4.69) is 4.98 Å². The van der Waals surface area contributed by atoms with Crippen LogP contribution in [0.5, 0.6) is 5.75 Å². The summed E-state index contributed by atoms with van der Waals surface area (Å²) in [7, 11) is 0. The summed E-state index contributed by atoms with van der Waals surface area (Å²) in [6.45, 7) is 4.47. The highest BCUT2D eigenvalue weighted by atomic mass is 32.2. The third-order valence-electron chi connectivity index (χ3n) is 3.70. The number of nitrogens with zero attached hydrogens (tertiary/aromatic N) is 1. The lowest BCUT2D eigenvalue weighted by Crippen LogP contribution is -2.32. The fourth-order valence-electron chi connectivity index (χ4n) is 2.38. The Morgan fingerprint density at radius 1 is 1.25 bits per heavy atom. The van der Waals surface area contributed by atoms with Crippen LogP contribution in [0.15, 0.2) is 41.4 Å². The van der Waals surface area contributed by atoms with E-state index in [0.717, 1.165) is 34.3 Å². The summed E-state index contributed by atoms with van der Waals surface area (Å²) in [4.78, 5) is 29.0. The Morgan fingerprint density at radius 2 is 2.08 bits per heavy atom. The minimum atomic E-state index is -0.274. The van der Waals surface area contributed by atoms with Crippen molar-refractivity contribution in [2.45, 2.75) is 13.8 Å². The van der Waals surface area contributed by atoms with E-state index in [-0.39, 0.29) is 24.3 Å². The Kier molecular flexibility index (Phi) is 4.76. The maximum absolute atomic E-state index is 12.4. The monoisotopic (exact) mass is 342 g/mol. The van der Waals surface area contributed by atoms with Crippen molar-refractivity contribution < 1.29 is 14.3 Å². The van der Waals surface area contributed by atoms with E-state index in [4.69, 9.17) is 4.74 Å². The minimum Gasteiger partial charge on any atom is -0.491 e. The molecule has 2 heterocycles. The van der Waals surface area contributed by atoms with E-state index < -0.39 is 0 Å². The third kappa shape index (κ3) is 3.54. The molecule has 1 N–H and O–H groups in total. The van der Waals surface area contributed by atoms with Gasteiger partial charge < -0.3 is 9.72 Å². The van der Waals surface area contributed by atoms with E-state index >= 15 is 0 Å². The first-order chi connectivity index (χ1) is 11.5. The summed E-state index contributed by atoms with van der Waals surface area (Å²) in [5.74, 6) is 0.507. The number of hydrogen-bond donors (Lipinski definition) is 1. The average molecular weight is 342 g/mol. The second kappa shape index (κ2) is 6.97. The van der Waals surface area contributed by atoms with Crippen LogP contribution in [-0.2, 0) is 4.79 Å². The van der Waals surface area contributed by atoms with Crippen molar-refractivity contribution in [1.82, 2.24) is 9.88 Å². The fraction of sp³-hybridized carbons (Fsp3) is 0.222. The Balaban J connectivity index is 1.62. The number of carbonyl (C=O) groups excluding carboxylic acids is 2. The van der Waals surface area contributed by atoms with Gasteiger partial charge in [0.2, 0.25) is 0 Å². The molecular weight excluding hydrogens is 324 g/mol. The van der Waals surface area contributed by atoms with Crippen molar-refractivity contribution >= 4 is 29.0 Å². The summed E-state index contributed by atoms with van der Waals surface area (Å²) >= 11 is 0.955. The van der Waals surface area contributed by atoms with E-state index in [1.807, 2.05) is 44.2 Å². The third-order valence-corrected chi connectivity index (χ3v) is 4.61. The molecule has 3 rings (SSSR count). The van der Waals surface area contributed by atoms with Crippen molar-refractivity contribution in [2.75, 3.05) is 13.2 Å². The molecular formula is C18H18N2O3S. The lowest BCUT2D eigenvalue weighted by Gasteiger charge is -2.14. The number of nitrogens with one attached hydrogen (secondary N) is 1. The van der Waals surface area contributed by atoms with Gasteiger partial charge in [-0.15, -0.1) is 0 Å². The Labute approximate surface area is 144 Å². The van der Waals surface area contributed by atoms with Gasteiger partial charge >= 0.3 is 0 Å². The maximum Gasteiger partial charge on any atom is 0.293 e. The summed E-state index contributed by atoms with van der Waals surface area (Å²) < 4.78 is 5.74. The van der Waals surface area contributed by atoms with Crippen molar-refractivity contribution in [3.05, 3.63) is 58.3 Å². The number of aromatic amines is 1. The van der Waals surface area contributed by atoms with Crippen LogP contribution in [-0.4, -0.2) is 34.2 Å². The molecule has 1 aromatic heterocycles. The van der Waals surface area contributed by atoms with Crippen LogP contribution in [0.2, 0.25) is 0 Å². The highest BCUT2D eigenvalue weighted by Crippen LogP contribution is 2.31. The molecule has 0 unspecified atom stereocenters. The Morgan fingerprint density at radius 3 is 2.83 bits per heavy atom. The highest BCUT2D eigenvalue weighted by Gasteiger charge is 2.34. The fourth-order valence-corrected chi connectivity index (χ4v) is 3.23. The number of carbonyl (C=O) groups is 2. The average Bonchev–Trinajstić information content (AvgIpc) is 3.14. The SMILES string of the molecule is Cc1ccc(C)c(OCCN2C(=O)S/C(=C\c3ccc[nH]3)C2=O)c1. The first kappa shape index (κ1) is 16.4. The second-order valence-corrected chi connectivity index (χ2v) is 6.57. The zero-order valence-corrected chi connectivity index (χ0v) is 14.4. The summed E-state index contributed by atoms with van der Waals surface area (Å²) in [6.07, 6.45) is 3.46. The predicted octanol–water partition coefficient (Wildman–Crippen LogP) is 3.75. The van der Waals surface area contributed by atoms with Gasteiger partial charge in [0.25, 0.3) is 11.1 Å². The Bertz CT molecular complexity index is 797. The zero-order valence-electron chi connectivity index (χ0n) is 13.5. The second-order valence-electron chi connectivity index (χ2n) is 5.58. The number of thioether (sulfide) groups is 1. The van der Waals surface area contributed by atoms with Crippen molar-refractivity contribution in [3.8, 4) is 5.75 Å². The molecule has 0 aliphatic carbocycles. The molecule has 1 fully saturated rings. The van der Waals surface area contributed by atoms with Gasteiger partial charge in [-0.2, -0.15) is 0 Å². The summed E-state index contributed by atoms with van der Waals surface area (Å²) in [6, 6.07) is 9.65. The number of ether oxygens (including phenoxy) is 1. The molecule has 2 amide bonds. The number of aromatic nitrogens is 1. The van der Waals surface area contributed by atoms with Crippen LogP contribution in [0.25, 0.3) is 6.08 Å². The van der Waals surface area contributed by atoms with Gasteiger partial charge in [-0.1, -0.05) is 12.1 Å². The van der Waals surface area contributed by atoms with Crippen LogP contribution < -0.4 is 4.74 Å². The van der Waals surface area contributed by atoms with Crippen LogP contribution >= 0.6 is 11.8 Å². The molecule has 0 saturated carbocycles. The molecule has 1 aliphatic heterocycles. The number of imide groups is 1. The lowest BCUT2D eigenvalue weighted by atomic mass is 10.1. The van der Waals surface area contributed by atoms with Crippen LogP contribution in [0.3, 0.4) is 0 Å². The van der Waals surface area contributed by atoms with E-state index in [0.29, 0.717) is 4.91 Å². The quantitative estimate of drug-likeness (QED) is 0.841. The number of H-pyrrole nitrogens is 1. The first-order valence-electron chi connectivity index (χ1n) is 7.63. The van der Waals surface area contributed by atoms with Gasteiger partial charge in [-0.05, 0) is 61.0 Å². The van der Waals surface area contributed by atoms with E-state index in [1.165, 1.54) is 4.90 Å². The smallest absolute Gasteiger partial charge is 0.293 e. The molecule has 1 aromatic carbocycles. The first-order valence-corrected chi connectivity index (χ1v) is 8.45. The predicted molar refractivity (Wildman–Crippen MR) is 94.9 cm³/mol. The highest BCUT2D eigenvalue weighted by molar-refractivity contribution is 8.18. The molecule has 2 aromatic rings. The summed E-state index contributed by atoms with van der Waals surface area (Å²) in [5, 5.41) is -0.262. The van der Waals surface area contributed by atoms with Crippen molar-refractivity contribution in [3.63, 3.8) is 0 Å². The number of aryl methyl sites for hydroxylation is 2. The van der Waals surface area contributed by atoms with Gasteiger partial charge in [-0.25, -0.2) is 0 Å². The van der Waals surface area contributed by atoms with Gasteiger partial charge in [0, 0.05) is 11.9 Å². The maximum atomic E-state index is 12.4. The lowest BCUT2D eigenvalue weighted by molar-refractivity contribution is -0.123. The standard InChI is InChI=1S/C18H18N2O3S/c1-12-5-6-13(2)15(10-12)23-9-8-20-17(21)16(24-18(20)22)11-14-4-3-7-19-14/h3-7,10-11,19H,8-9H2,1-2H3/b16-11-. The minimum absolute atomic E-state index is 0.236. The largest absolute Gasteiger partial charge is 0.491 e. The number of amides is 2. The van der Waals surface area contributed by atoms with Gasteiger partial charge in [0.15, 0.2) is 0 Å². The van der Waals surface area contributed by atoms with Crippen molar-refractivity contribution in [2.24, 2.45) is 0 Å². The molecule has 0 atom stereocenters. The van der Waals surface area contributed by atoms with E-state index in [1.54, 1.807) is 12.3 Å². The molecule has 0 radical (unpaired) electrons. The Hall–Kier alpha value is -2.47. The number of rotatable bonds is 5. The van der Waals surface area contributed by atoms with Crippen LogP contribution in [0.4, 0.5) is 4.79 Å². The molecule has 1 aliphatic rings. The zero-order chi connectivity index (χ0) is 17.1. The molecule has 6 heteroatoms. The van der Waals surface area contributed by atoms with E-state index in [9.17, 15) is 9.59 Å². The van der Waals surface area contributed by atoms with Gasteiger partial charge in [0.1, 0.15) is 12.4 Å². The molecule has 5 nitrogen and oxygen atoms in total.